The van der Waals surface area contributed by atoms with E-state index in [0.29, 0.717) is 0 Å². The predicted octanol–water partition coefficient (Wildman–Crippen LogP) is 2.25. The molecule has 1 N–H and O–H groups in total. The van der Waals surface area contributed by atoms with Gasteiger partial charge in [-0.15, -0.1) is 0 Å². The zero-order valence-electron chi connectivity index (χ0n) is 6.78. The summed E-state index contributed by atoms with van der Waals surface area (Å²) >= 11 is 0. The number of pyridine rings is 1. The summed E-state index contributed by atoms with van der Waals surface area (Å²) in [5, 5.41) is 11.4. The van der Waals surface area contributed by atoms with Gasteiger partial charge in [-0.05, 0) is 12.5 Å². The fraction of sp³-hybridized carbons (Fsp3) is 0.100. The van der Waals surface area contributed by atoms with E-state index in [2.05, 4.69) is 4.98 Å². The van der Waals surface area contributed by atoms with Gasteiger partial charge in [0, 0.05) is 17.0 Å². The molecule has 0 unspecified atom stereocenters. The van der Waals surface area contributed by atoms with Gasteiger partial charge in [0.2, 0.25) is 0 Å². The van der Waals surface area contributed by atoms with Crippen molar-refractivity contribution in [3.63, 3.8) is 0 Å². The van der Waals surface area contributed by atoms with E-state index in [-0.39, 0.29) is 5.75 Å². The highest BCUT2D eigenvalue weighted by Crippen LogP contribution is 2.25. The molecule has 0 saturated carbocycles. The van der Waals surface area contributed by atoms with Crippen LogP contribution in [-0.4, -0.2) is 10.1 Å². The van der Waals surface area contributed by atoms with E-state index in [1.54, 1.807) is 6.20 Å². The number of hydrogen-bond donors (Lipinski definition) is 1. The highest BCUT2D eigenvalue weighted by Gasteiger charge is 2.00. The molecule has 2 aromatic rings. The van der Waals surface area contributed by atoms with Gasteiger partial charge in [0.15, 0.2) is 0 Å². The van der Waals surface area contributed by atoms with Gasteiger partial charge in [-0.1, -0.05) is 18.2 Å². The Balaban J connectivity index is 2.96. The van der Waals surface area contributed by atoms with Crippen LogP contribution < -0.4 is 0 Å². The summed E-state index contributed by atoms with van der Waals surface area (Å²) in [5.74, 6) is 0.255. The Kier molecular flexibility index (Phi) is 1.47. The minimum absolute atomic E-state index is 0.255. The molecule has 2 nitrogen and oxygen atoms in total. The van der Waals surface area contributed by atoms with Crippen molar-refractivity contribution in [2.75, 3.05) is 0 Å². The smallest absolute Gasteiger partial charge is 0.141 e. The molecular formula is C10H9NO. The standard InChI is InChI=1S/C10H9NO/c1-7-3-2-4-8-5-11-6-9(12)10(7)8/h2-6,12H,1H3. The molecule has 0 saturated heterocycles. The van der Waals surface area contributed by atoms with E-state index in [0.717, 1.165) is 16.3 Å². The van der Waals surface area contributed by atoms with Gasteiger partial charge in [-0.3, -0.25) is 4.98 Å². The molecule has 0 fully saturated rings. The van der Waals surface area contributed by atoms with Crippen molar-refractivity contribution in [2.45, 2.75) is 6.92 Å². The maximum absolute atomic E-state index is 9.49. The van der Waals surface area contributed by atoms with Gasteiger partial charge in [-0.25, -0.2) is 0 Å². The van der Waals surface area contributed by atoms with Crippen LogP contribution in [0.4, 0.5) is 0 Å². The molecule has 0 bridgehead atoms. The van der Waals surface area contributed by atoms with Gasteiger partial charge in [0.05, 0.1) is 6.20 Å². The van der Waals surface area contributed by atoms with E-state index in [1.165, 1.54) is 6.20 Å². The van der Waals surface area contributed by atoms with Crippen LogP contribution in [0.1, 0.15) is 5.56 Å². The van der Waals surface area contributed by atoms with Gasteiger partial charge < -0.3 is 5.11 Å². The predicted molar refractivity (Wildman–Crippen MR) is 48.1 cm³/mol. The van der Waals surface area contributed by atoms with E-state index in [4.69, 9.17) is 0 Å². The molecule has 1 aromatic heterocycles. The second-order valence-electron chi connectivity index (χ2n) is 2.83. The Morgan fingerprint density at radius 3 is 2.83 bits per heavy atom. The Labute approximate surface area is 70.5 Å². The number of nitrogens with zero attached hydrogens (tertiary/aromatic N) is 1. The summed E-state index contributed by atoms with van der Waals surface area (Å²) in [5.41, 5.74) is 1.08. The molecule has 12 heavy (non-hydrogen) atoms. The van der Waals surface area contributed by atoms with Crippen molar-refractivity contribution in [3.05, 3.63) is 36.2 Å². The molecule has 0 aliphatic heterocycles. The molecule has 1 heterocycles. The number of aryl methyl sites for hydroxylation is 1. The van der Waals surface area contributed by atoms with Crippen molar-refractivity contribution < 1.29 is 5.11 Å². The van der Waals surface area contributed by atoms with Gasteiger partial charge in [0.1, 0.15) is 5.75 Å². The van der Waals surface area contributed by atoms with Gasteiger partial charge in [0.25, 0.3) is 0 Å². The van der Waals surface area contributed by atoms with Crippen molar-refractivity contribution >= 4 is 10.8 Å². The molecule has 2 heteroatoms. The molecule has 0 spiro atoms. The summed E-state index contributed by atoms with van der Waals surface area (Å²) in [6.07, 6.45) is 3.22. The van der Waals surface area contributed by atoms with Crippen molar-refractivity contribution in [3.8, 4) is 5.75 Å². The zero-order valence-corrected chi connectivity index (χ0v) is 6.78. The van der Waals surface area contributed by atoms with Crippen LogP contribution in [0.5, 0.6) is 5.75 Å². The molecule has 0 amide bonds. The molecule has 60 valence electrons. The van der Waals surface area contributed by atoms with Crippen LogP contribution >= 0.6 is 0 Å². The van der Waals surface area contributed by atoms with Crippen LogP contribution in [0.25, 0.3) is 10.8 Å². The summed E-state index contributed by atoms with van der Waals surface area (Å²) in [6.45, 7) is 1.97. The first kappa shape index (κ1) is 7.10. The third-order valence-corrected chi connectivity index (χ3v) is 1.97. The largest absolute Gasteiger partial charge is 0.506 e. The minimum Gasteiger partial charge on any atom is -0.506 e. The Morgan fingerprint density at radius 2 is 2.08 bits per heavy atom. The molecule has 0 aliphatic carbocycles. The Bertz CT molecular complexity index is 386. The third-order valence-electron chi connectivity index (χ3n) is 1.97. The fourth-order valence-electron chi connectivity index (χ4n) is 1.40. The molecule has 2 rings (SSSR count). The summed E-state index contributed by atoms with van der Waals surface area (Å²) in [7, 11) is 0. The van der Waals surface area contributed by atoms with Crippen LogP contribution in [0.2, 0.25) is 0 Å². The lowest BCUT2D eigenvalue weighted by molar-refractivity contribution is 0.479. The summed E-state index contributed by atoms with van der Waals surface area (Å²) in [6, 6.07) is 5.87. The van der Waals surface area contributed by atoms with Gasteiger partial charge in [-0.2, -0.15) is 0 Å². The van der Waals surface area contributed by atoms with Crippen LogP contribution in [-0.2, 0) is 0 Å². The average Bonchev–Trinajstić information content (AvgIpc) is 2.04. The average molecular weight is 159 g/mol. The van der Waals surface area contributed by atoms with Crippen molar-refractivity contribution in [1.82, 2.24) is 4.98 Å². The van der Waals surface area contributed by atoms with Crippen LogP contribution in [0, 0.1) is 6.92 Å². The first-order valence-electron chi connectivity index (χ1n) is 3.81. The quantitative estimate of drug-likeness (QED) is 0.639. The number of aromatic hydroxyl groups is 1. The van der Waals surface area contributed by atoms with E-state index in [1.807, 2.05) is 25.1 Å². The number of rotatable bonds is 0. The van der Waals surface area contributed by atoms with Crippen LogP contribution in [0.3, 0.4) is 0 Å². The molecule has 0 atom stereocenters. The monoisotopic (exact) mass is 159 g/mol. The van der Waals surface area contributed by atoms with Crippen LogP contribution in [0.15, 0.2) is 30.6 Å². The highest BCUT2D eigenvalue weighted by atomic mass is 16.3. The molecule has 1 aromatic carbocycles. The summed E-state index contributed by atoms with van der Waals surface area (Å²) in [4.78, 5) is 3.90. The third kappa shape index (κ3) is 0.925. The molecular weight excluding hydrogens is 150 g/mol. The Morgan fingerprint density at radius 1 is 1.25 bits per heavy atom. The second-order valence-corrected chi connectivity index (χ2v) is 2.83. The SMILES string of the molecule is Cc1cccc2cncc(O)c12. The van der Waals surface area contributed by atoms with Gasteiger partial charge >= 0.3 is 0 Å². The Hall–Kier alpha value is -1.57. The topological polar surface area (TPSA) is 33.1 Å². The number of aromatic nitrogens is 1. The lowest BCUT2D eigenvalue weighted by Gasteiger charge is -2.02. The molecule has 0 radical (unpaired) electrons. The van der Waals surface area contributed by atoms with E-state index in [9.17, 15) is 5.11 Å². The minimum atomic E-state index is 0.255. The van der Waals surface area contributed by atoms with E-state index < -0.39 is 0 Å². The lowest BCUT2D eigenvalue weighted by Crippen LogP contribution is -1.80. The fourth-order valence-corrected chi connectivity index (χ4v) is 1.40. The zero-order chi connectivity index (χ0) is 8.55. The van der Waals surface area contributed by atoms with E-state index >= 15 is 0 Å². The normalized spacial score (nSPS) is 10.4. The maximum atomic E-state index is 9.49. The lowest BCUT2D eigenvalue weighted by atomic mass is 10.1. The number of benzene rings is 1. The first-order chi connectivity index (χ1) is 5.79. The van der Waals surface area contributed by atoms with Crippen molar-refractivity contribution in [1.29, 1.82) is 0 Å². The number of fused-ring (bicyclic) bond motifs is 1. The second kappa shape index (κ2) is 2.48. The number of hydrogen-bond acceptors (Lipinski definition) is 2. The maximum Gasteiger partial charge on any atom is 0.141 e. The first-order valence-corrected chi connectivity index (χ1v) is 3.81. The van der Waals surface area contributed by atoms with Crippen molar-refractivity contribution in [2.24, 2.45) is 0 Å². The highest BCUT2D eigenvalue weighted by molar-refractivity contribution is 5.89. The summed E-state index contributed by atoms with van der Waals surface area (Å²) < 4.78 is 0. The molecule has 0 aliphatic rings.